The lowest BCUT2D eigenvalue weighted by Crippen LogP contribution is -2.30. The molecule has 0 aromatic heterocycles. The summed E-state index contributed by atoms with van der Waals surface area (Å²) in [6.45, 7) is 4.04. The zero-order valence-corrected chi connectivity index (χ0v) is 20.9. The molecule has 0 spiro atoms. The minimum Gasteiger partial charge on any atom is -0.427 e. The number of carbonyl (C=O) groups is 2. The second-order valence-electron chi connectivity index (χ2n) is 10.3. The van der Waals surface area contributed by atoms with Crippen molar-refractivity contribution in [3.05, 3.63) is 24.3 Å². The Morgan fingerprint density at radius 2 is 1.27 bits per heavy atom. The topological polar surface area (TPSA) is 52.6 Å². The molecular weight excluding hydrogens is 412 g/mol. The monoisotopic (exact) mass is 456 g/mol. The smallest absolute Gasteiger partial charge is 0.314 e. The second-order valence-corrected chi connectivity index (χ2v) is 10.3. The standard InChI is InChI=1S/C29H44O4/c1-3-5-6-7-8-9-22-10-12-23(13-11-22)24-14-16-25(17-15-24)29(31)33-27-20-18-26(19-21-27)32-28(30)4-2/h18-25H,3-17H2,1-2H3. The van der Waals surface area contributed by atoms with Gasteiger partial charge in [-0.3, -0.25) is 9.59 Å². The zero-order valence-electron chi connectivity index (χ0n) is 20.9. The van der Waals surface area contributed by atoms with Gasteiger partial charge in [0.25, 0.3) is 0 Å². The number of carbonyl (C=O) groups excluding carboxylic acids is 2. The molecule has 2 saturated carbocycles. The molecule has 0 N–H and O–H groups in total. The Morgan fingerprint density at radius 3 is 1.85 bits per heavy atom. The number of esters is 2. The van der Waals surface area contributed by atoms with Crippen LogP contribution < -0.4 is 9.47 Å². The summed E-state index contributed by atoms with van der Waals surface area (Å²) in [6, 6.07) is 6.75. The van der Waals surface area contributed by atoms with E-state index in [1.807, 2.05) is 0 Å². The van der Waals surface area contributed by atoms with E-state index in [-0.39, 0.29) is 17.9 Å². The molecule has 0 heterocycles. The maximum absolute atomic E-state index is 12.7. The van der Waals surface area contributed by atoms with Gasteiger partial charge >= 0.3 is 11.9 Å². The van der Waals surface area contributed by atoms with Gasteiger partial charge in [-0.05, 0) is 80.5 Å². The molecule has 184 valence electrons. The first-order valence-electron chi connectivity index (χ1n) is 13.6. The third-order valence-electron chi connectivity index (χ3n) is 7.94. The SMILES string of the molecule is CCCCCCCC1CCC(C2CCC(C(=O)Oc3ccc(OC(=O)CC)cc3)CC2)CC1. The van der Waals surface area contributed by atoms with Gasteiger partial charge in [-0.2, -0.15) is 0 Å². The molecule has 2 fully saturated rings. The van der Waals surface area contributed by atoms with Crippen LogP contribution in [-0.2, 0) is 9.59 Å². The Morgan fingerprint density at radius 1 is 0.727 bits per heavy atom. The first kappa shape index (κ1) is 25.8. The Labute approximate surface area is 200 Å². The number of unbranched alkanes of at least 4 members (excludes halogenated alkanes) is 4. The van der Waals surface area contributed by atoms with E-state index in [0.29, 0.717) is 17.9 Å². The van der Waals surface area contributed by atoms with Crippen molar-refractivity contribution in [1.82, 2.24) is 0 Å². The van der Waals surface area contributed by atoms with Crippen LogP contribution in [0.2, 0.25) is 0 Å². The Hall–Kier alpha value is -1.84. The van der Waals surface area contributed by atoms with Gasteiger partial charge < -0.3 is 9.47 Å². The fourth-order valence-electron chi connectivity index (χ4n) is 5.79. The lowest BCUT2D eigenvalue weighted by Gasteiger charge is -2.37. The summed E-state index contributed by atoms with van der Waals surface area (Å²) in [5.41, 5.74) is 0. The molecule has 0 saturated heterocycles. The molecule has 3 rings (SSSR count). The van der Waals surface area contributed by atoms with E-state index >= 15 is 0 Å². The molecule has 0 aliphatic heterocycles. The van der Waals surface area contributed by atoms with Crippen LogP contribution in [0.5, 0.6) is 11.5 Å². The van der Waals surface area contributed by atoms with Crippen LogP contribution in [0.4, 0.5) is 0 Å². The number of benzene rings is 1. The van der Waals surface area contributed by atoms with Gasteiger partial charge in [-0.25, -0.2) is 0 Å². The van der Waals surface area contributed by atoms with Crippen LogP contribution in [0, 0.1) is 23.7 Å². The van der Waals surface area contributed by atoms with E-state index in [9.17, 15) is 9.59 Å². The van der Waals surface area contributed by atoms with Crippen LogP contribution in [0.15, 0.2) is 24.3 Å². The molecule has 1 aromatic carbocycles. The minimum absolute atomic E-state index is 0.0123. The van der Waals surface area contributed by atoms with E-state index in [2.05, 4.69) is 6.92 Å². The highest BCUT2D eigenvalue weighted by Crippen LogP contribution is 2.42. The van der Waals surface area contributed by atoms with Gasteiger partial charge in [-0.15, -0.1) is 0 Å². The van der Waals surface area contributed by atoms with Gasteiger partial charge in [0, 0.05) is 6.42 Å². The van der Waals surface area contributed by atoms with Crippen LogP contribution >= 0.6 is 0 Å². The van der Waals surface area contributed by atoms with Crippen molar-refractivity contribution in [2.45, 2.75) is 110 Å². The Kier molecular flexibility index (Phi) is 10.8. The molecule has 0 atom stereocenters. The molecule has 33 heavy (non-hydrogen) atoms. The fraction of sp³-hybridized carbons (Fsp3) is 0.724. The van der Waals surface area contributed by atoms with Crippen LogP contribution in [-0.4, -0.2) is 11.9 Å². The second kappa shape index (κ2) is 13.8. The maximum Gasteiger partial charge on any atom is 0.314 e. The number of ether oxygens (including phenoxy) is 2. The molecule has 4 nitrogen and oxygen atoms in total. The van der Waals surface area contributed by atoms with Gasteiger partial charge in [0.1, 0.15) is 11.5 Å². The molecule has 0 amide bonds. The maximum atomic E-state index is 12.7. The molecular formula is C29H44O4. The summed E-state index contributed by atoms with van der Waals surface area (Å²) >= 11 is 0. The largest absolute Gasteiger partial charge is 0.427 e. The first-order valence-corrected chi connectivity index (χ1v) is 13.6. The summed E-state index contributed by atoms with van der Waals surface area (Å²) in [6.07, 6.45) is 18.6. The summed E-state index contributed by atoms with van der Waals surface area (Å²) in [5, 5.41) is 0. The van der Waals surface area contributed by atoms with Crippen molar-refractivity contribution in [2.75, 3.05) is 0 Å². The first-order chi connectivity index (χ1) is 16.1. The van der Waals surface area contributed by atoms with E-state index < -0.39 is 0 Å². The van der Waals surface area contributed by atoms with Crippen molar-refractivity contribution in [2.24, 2.45) is 23.7 Å². The third-order valence-corrected chi connectivity index (χ3v) is 7.94. The van der Waals surface area contributed by atoms with E-state index in [1.165, 1.54) is 64.2 Å². The predicted molar refractivity (Wildman–Crippen MR) is 132 cm³/mol. The summed E-state index contributed by atoms with van der Waals surface area (Å²) in [7, 11) is 0. The average Bonchev–Trinajstić information content (AvgIpc) is 2.85. The van der Waals surface area contributed by atoms with Gasteiger partial charge in [0.05, 0.1) is 5.92 Å². The molecule has 2 aliphatic carbocycles. The van der Waals surface area contributed by atoms with Crippen molar-refractivity contribution < 1.29 is 19.1 Å². The van der Waals surface area contributed by atoms with Crippen LogP contribution in [0.3, 0.4) is 0 Å². The predicted octanol–water partition coefficient (Wildman–Crippen LogP) is 7.88. The number of hydrogen-bond donors (Lipinski definition) is 0. The van der Waals surface area contributed by atoms with E-state index in [4.69, 9.17) is 9.47 Å². The molecule has 1 aromatic rings. The normalized spacial score (nSPS) is 25.4. The van der Waals surface area contributed by atoms with Crippen molar-refractivity contribution in [3.8, 4) is 11.5 Å². The lowest BCUT2D eigenvalue weighted by molar-refractivity contribution is -0.140. The van der Waals surface area contributed by atoms with Crippen LogP contribution in [0.25, 0.3) is 0 Å². The Bertz CT molecular complexity index is 710. The van der Waals surface area contributed by atoms with Crippen molar-refractivity contribution in [3.63, 3.8) is 0 Å². The highest BCUT2D eigenvalue weighted by atomic mass is 16.5. The summed E-state index contributed by atoms with van der Waals surface area (Å²) in [4.78, 5) is 24.0. The summed E-state index contributed by atoms with van der Waals surface area (Å²) < 4.78 is 10.8. The van der Waals surface area contributed by atoms with E-state index in [1.54, 1.807) is 31.2 Å². The molecule has 0 radical (unpaired) electrons. The highest BCUT2D eigenvalue weighted by Gasteiger charge is 2.33. The quantitative estimate of drug-likeness (QED) is 0.193. The fourth-order valence-corrected chi connectivity index (χ4v) is 5.79. The number of hydrogen-bond acceptors (Lipinski definition) is 4. The minimum atomic E-state index is -0.271. The number of rotatable bonds is 11. The van der Waals surface area contributed by atoms with Gasteiger partial charge in [0.15, 0.2) is 0 Å². The van der Waals surface area contributed by atoms with Crippen LogP contribution in [0.1, 0.15) is 110 Å². The Balaban J connectivity index is 1.33. The van der Waals surface area contributed by atoms with Gasteiger partial charge in [0.2, 0.25) is 0 Å². The molecule has 0 unspecified atom stereocenters. The van der Waals surface area contributed by atoms with E-state index in [0.717, 1.165) is 43.4 Å². The third kappa shape index (κ3) is 8.46. The lowest BCUT2D eigenvalue weighted by atomic mass is 9.68. The average molecular weight is 457 g/mol. The van der Waals surface area contributed by atoms with Crippen molar-refractivity contribution >= 4 is 11.9 Å². The molecule has 0 bridgehead atoms. The van der Waals surface area contributed by atoms with Crippen molar-refractivity contribution in [1.29, 1.82) is 0 Å². The highest BCUT2D eigenvalue weighted by molar-refractivity contribution is 5.75. The molecule has 4 heteroatoms. The zero-order chi connectivity index (χ0) is 23.5. The van der Waals surface area contributed by atoms with Gasteiger partial charge in [-0.1, -0.05) is 65.2 Å². The molecule has 2 aliphatic rings. The summed E-state index contributed by atoms with van der Waals surface area (Å²) in [5.74, 6) is 3.26.